The minimum absolute atomic E-state index is 0.0404. The van der Waals surface area contributed by atoms with Crippen LogP contribution in [0.2, 0.25) is 0 Å². The lowest BCUT2D eigenvalue weighted by Crippen LogP contribution is -2.18. The molecule has 96 valence electrons. The Hall–Kier alpha value is -2.04. The van der Waals surface area contributed by atoms with Crippen molar-refractivity contribution >= 4 is 12.1 Å². The normalized spacial score (nSPS) is 14.7. The Bertz CT molecular complexity index is 467. The molecule has 1 aromatic rings. The topological polar surface area (TPSA) is 70.9 Å². The lowest BCUT2D eigenvalue weighted by molar-refractivity contribution is -0.122. The molecule has 0 aliphatic heterocycles. The standard InChI is InChI=1S/C13H16N2O3/c1-2-18-12-6-3-9(7-11(12)16)8-14-15-13(17)10-4-5-10/h3,6-8,10,16H,2,4-5H2,1H3,(H,15,17). The number of hydrogen-bond donors (Lipinski definition) is 2. The molecule has 0 saturated heterocycles. The molecule has 1 saturated carbocycles. The number of phenols is 1. The molecule has 1 aliphatic carbocycles. The number of carbonyl (C=O) groups is 1. The largest absolute Gasteiger partial charge is 0.504 e. The first-order valence-electron chi connectivity index (χ1n) is 5.99. The van der Waals surface area contributed by atoms with Gasteiger partial charge in [0.2, 0.25) is 5.91 Å². The van der Waals surface area contributed by atoms with Crippen molar-refractivity contribution in [1.82, 2.24) is 5.43 Å². The van der Waals surface area contributed by atoms with Crippen LogP contribution in [0, 0.1) is 5.92 Å². The van der Waals surface area contributed by atoms with Crippen molar-refractivity contribution in [3.63, 3.8) is 0 Å². The summed E-state index contributed by atoms with van der Waals surface area (Å²) in [6, 6.07) is 4.97. The van der Waals surface area contributed by atoms with Crippen molar-refractivity contribution in [2.45, 2.75) is 19.8 Å². The number of amides is 1. The average Bonchev–Trinajstić information content (AvgIpc) is 3.16. The summed E-state index contributed by atoms with van der Waals surface area (Å²) in [5.41, 5.74) is 3.17. The van der Waals surface area contributed by atoms with Crippen molar-refractivity contribution in [3.05, 3.63) is 23.8 Å². The van der Waals surface area contributed by atoms with Crippen LogP contribution in [-0.4, -0.2) is 23.8 Å². The van der Waals surface area contributed by atoms with E-state index in [9.17, 15) is 9.90 Å². The maximum absolute atomic E-state index is 11.3. The Kier molecular flexibility index (Phi) is 3.82. The molecular weight excluding hydrogens is 232 g/mol. The van der Waals surface area contributed by atoms with Crippen LogP contribution < -0.4 is 10.2 Å². The van der Waals surface area contributed by atoms with Crippen molar-refractivity contribution < 1.29 is 14.6 Å². The maximum atomic E-state index is 11.3. The molecule has 2 N–H and O–H groups in total. The number of aromatic hydroxyl groups is 1. The molecule has 0 heterocycles. The highest BCUT2D eigenvalue weighted by atomic mass is 16.5. The molecule has 1 aliphatic rings. The molecule has 1 amide bonds. The third-order valence-electron chi connectivity index (χ3n) is 2.62. The van der Waals surface area contributed by atoms with E-state index in [1.54, 1.807) is 12.1 Å². The molecule has 0 atom stereocenters. The Morgan fingerprint density at radius 2 is 2.39 bits per heavy atom. The number of ether oxygens (including phenoxy) is 1. The van der Waals surface area contributed by atoms with Crippen LogP contribution in [0.1, 0.15) is 25.3 Å². The van der Waals surface area contributed by atoms with Crippen LogP contribution in [0.4, 0.5) is 0 Å². The monoisotopic (exact) mass is 248 g/mol. The van der Waals surface area contributed by atoms with Gasteiger partial charge >= 0.3 is 0 Å². The molecule has 5 heteroatoms. The van der Waals surface area contributed by atoms with Gasteiger partial charge in [0.1, 0.15) is 0 Å². The summed E-state index contributed by atoms with van der Waals surface area (Å²) < 4.78 is 5.21. The number of hydrazone groups is 1. The number of hydrogen-bond acceptors (Lipinski definition) is 4. The number of nitrogens with one attached hydrogen (secondary N) is 1. The summed E-state index contributed by atoms with van der Waals surface area (Å²) in [5, 5.41) is 13.5. The molecule has 1 aromatic carbocycles. The molecule has 0 bridgehead atoms. The number of nitrogens with zero attached hydrogens (tertiary/aromatic N) is 1. The Balaban J connectivity index is 1.94. The maximum Gasteiger partial charge on any atom is 0.243 e. The Morgan fingerprint density at radius 3 is 3.00 bits per heavy atom. The predicted molar refractivity (Wildman–Crippen MR) is 67.7 cm³/mol. The van der Waals surface area contributed by atoms with Gasteiger partial charge in [-0.15, -0.1) is 0 Å². The summed E-state index contributed by atoms with van der Waals surface area (Å²) in [4.78, 5) is 11.3. The fourth-order valence-corrected chi connectivity index (χ4v) is 1.50. The van der Waals surface area contributed by atoms with Gasteiger partial charge in [-0.2, -0.15) is 5.10 Å². The third kappa shape index (κ3) is 3.23. The fraction of sp³-hybridized carbons (Fsp3) is 0.385. The van der Waals surface area contributed by atoms with Crippen molar-refractivity contribution in [1.29, 1.82) is 0 Å². The van der Waals surface area contributed by atoms with E-state index >= 15 is 0 Å². The fourth-order valence-electron chi connectivity index (χ4n) is 1.50. The SMILES string of the molecule is CCOc1ccc(C=NNC(=O)C2CC2)cc1O. The number of rotatable bonds is 5. The van der Waals surface area contributed by atoms with E-state index in [1.165, 1.54) is 12.3 Å². The van der Waals surface area contributed by atoms with E-state index < -0.39 is 0 Å². The summed E-state index contributed by atoms with van der Waals surface area (Å²) in [6.45, 7) is 2.35. The van der Waals surface area contributed by atoms with E-state index in [0.717, 1.165) is 12.8 Å². The highest BCUT2D eigenvalue weighted by Crippen LogP contribution is 2.28. The second-order valence-electron chi connectivity index (χ2n) is 4.17. The van der Waals surface area contributed by atoms with E-state index in [0.29, 0.717) is 17.9 Å². The third-order valence-corrected chi connectivity index (χ3v) is 2.62. The van der Waals surface area contributed by atoms with E-state index in [-0.39, 0.29) is 17.6 Å². The van der Waals surface area contributed by atoms with E-state index in [2.05, 4.69) is 10.5 Å². The lowest BCUT2D eigenvalue weighted by atomic mass is 10.2. The van der Waals surface area contributed by atoms with Gasteiger partial charge in [0.25, 0.3) is 0 Å². The minimum atomic E-state index is -0.0404. The molecule has 18 heavy (non-hydrogen) atoms. The van der Waals surface area contributed by atoms with Crippen molar-refractivity contribution in [3.8, 4) is 11.5 Å². The molecule has 0 aromatic heterocycles. The van der Waals surface area contributed by atoms with E-state index in [1.807, 2.05) is 6.92 Å². The zero-order chi connectivity index (χ0) is 13.0. The summed E-state index contributed by atoms with van der Waals surface area (Å²) in [5.74, 6) is 0.600. The molecule has 0 spiro atoms. The lowest BCUT2D eigenvalue weighted by Gasteiger charge is -2.05. The van der Waals surface area contributed by atoms with Crippen molar-refractivity contribution in [2.24, 2.45) is 11.0 Å². The highest BCUT2D eigenvalue weighted by Gasteiger charge is 2.29. The van der Waals surface area contributed by atoms with E-state index in [4.69, 9.17) is 4.74 Å². The summed E-state index contributed by atoms with van der Waals surface area (Å²) in [7, 11) is 0. The first-order chi connectivity index (χ1) is 8.70. The molecule has 0 unspecified atom stereocenters. The van der Waals surface area contributed by atoms with Crippen LogP contribution >= 0.6 is 0 Å². The van der Waals surface area contributed by atoms with Gasteiger partial charge in [0.05, 0.1) is 12.8 Å². The average molecular weight is 248 g/mol. The summed E-state index contributed by atoms with van der Waals surface area (Å²) in [6.07, 6.45) is 3.39. The van der Waals surface area contributed by atoms with Crippen LogP contribution in [0.15, 0.2) is 23.3 Å². The molecule has 1 fully saturated rings. The second kappa shape index (κ2) is 5.53. The van der Waals surface area contributed by atoms with Gasteiger partial charge in [0.15, 0.2) is 11.5 Å². The number of phenolic OH excluding ortho intramolecular Hbond substituents is 1. The van der Waals surface area contributed by atoms with Gasteiger partial charge in [-0.25, -0.2) is 5.43 Å². The summed E-state index contributed by atoms with van der Waals surface area (Å²) >= 11 is 0. The molecule has 5 nitrogen and oxygen atoms in total. The quantitative estimate of drug-likeness (QED) is 0.615. The number of benzene rings is 1. The second-order valence-corrected chi connectivity index (χ2v) is 4.17. The van der Waals surface area contributed by atoms with Crippen LogP contribution in [-0.2, 0) is 4.79 Å². The smallest absolute Gasteiger partial charge is 0.243 e. The van der Waals surface area contributed by atoms with Gasteiger partial charge < -0.3 is 9.84 Å². The van der Waals surface area contributed by atoms with Crippen molar-refractivity contribution in [2.75, 3.05) is 6.61 Å². The number of carbonyl (C=O) groups excluding carboxylic acids is 1. The van der Waals surface area contributed by atoms with Gasteiger partial charge in [-0.05, 0) is 43.5 Å². The molecule has 0 radical (unpaired) electrons. The zero-order valence-corrected chi connectivity index (χ0v) is 10.2. The van der Waals surface area contributed by atoms with Crippen LogP contribution in [0.25, 0.3) is 0 Å². The minimum Gasteiger partial charge on any atom is -0.504 e. The Morgan fingerprint density at radius 1 is 1.61 bits per heavy atom. The molecule has 2 rings (SSSR count). The van der Waals surface area contributed by atoms with Gasteiger partial charge in [-0.1, -0.05) is 0 Å². The zero-order valence-electron chi connectivity index (χ0n) is 10.2. The Labute approximate surface area is 105 Å². The predicted octanol–water partition coefficient (Wildman–Crippen LogP) is 1.65. The van der Waals surface area contributed by atoms with Crippen LogP contribution in [0.3, 0.4) is 0 Å². The van der Waals surface area contributed by atoms with Gasteiger partial charge in [-0.3, -0.25) is 4.79 Å². The van der Waals surface area contributed by atoms with Gasteiger partial charge in [0, 0.05) is 5.92 Å². The molecular formula is C13H16N2O3. The first-order valence-corrected chi connectivity index (χ1v) is 5.99. The van der Waals surface area contributed by atoms with Crippen LogP contribution in [0.5, 0.6) is 11.5 Å². The first kappa shape index (κ1) is 12.4. The highest BCUT2D eigenvalue weighted by molar-refractivity contribution is 5.84.